The molecule has 6 nitrogen and oxygen atoms in total. The Morgan fingerprint density at radius 3 is 2.54 bits per heavy atom. The van der Waals surface area contributed by atoms with Crippen molar-refractivity contribution in [1.29, 1.82) is 0 Å². The van der Waals surface area contributed by atoms with Gasteiger partial charge in [0.2, 0.25) is 5.91 Å². The number of rotatable bonds is 15. The third-order valence-corrected chi connectivity index (χ3v) is 8.16. The third-order valence-electron chi connectivity index (χ3n) is 8.16. The molecule has 0 radical (unpaired) electrons. The van der Waals surface area contributed by atoms with Crippen molar-refractivity contribution in [3.8, 4) is 0 Å². The molecule has 0 saturated carbocycles. The monoisotopic (exact) mass is 530 g/mol. The smallest absolute Gasteiger partial charge is 0.243 e. The van der Waals surface area contributed by atoms with Gasteiger partial charge in [-0.1, -0.05) is 61.0 Å². The second kappa shape index (κ2) is 15.0. The average Bonchev–Trinajstić information content (AvgIpc) is 3.41. The Morgan fingerprint density at radius 1 is 0.949 bits per heavy atom. The Labute approximate surface area is 234 Å². The molecule has 3 aromatic rings. The van der Waals surface area contributed by atoms with Crippen LogP contribution in [-0.2, 0) is 17.8 Å². The summed E-state index contributed by atoms with van der Waals surface area (Å²) in [6, 6.07) is 24.3. The van der Waals surface area contributed by atoms with E-state index >= 15 is 0 Å². The molecule has 0 aromatic heterocycles. The van der Waals surface area contributed by atoms with Gasteiger partial charge in [-0.25, -0.2) is 5.48 Å². The van der Waals surface area contributed by atoms with Crippen LogP contribution in [0.1, 0.15) is 49.7 Å². The molecule has 0 bridgehead atoms. The number of carbonyl (C=O) groups is 1. The molecule has 1 aliphatic heterocycles. The van der Waals surface area contributed by atoms with Gasteiger partial charge in [-0.05, 0) is 91.7 Å². The minimum Gasteiger partial charge on any atom is -0.378 e. The van der Waals surface area contributed by atoms with E-state index in [4.69, 9.17) is 5.21 Å². The van der Waals surface area contributed by atoms with Crippen molar-refractivity contribution in [3.05, 3.63) is 77.9 Å². The molecule has 1 heterocycles. The van der Waals surface area contributed by atoms with Crippen LogP contribution in [0.25, 0.3) is 10.8 Å². The number of hydrogen-bond acceptors (Lipinski definition) is 5. The molecule has 2 N–H and O–H groups in total. The van der Waals surface area contributed by atoms with Crippen LogP contribution in [0.5, 0.6) is 0 Å². The van der Waals surface area contributed by atoms with Gasteiger partial charge in [0.15, 0.2) is 0 Å². The van der Waals surface area contributed by atoms with E-state index in [-0.39, 0.29) is 5.91 Å². The first-order chi connectivity index (χ1) is 19.0. The predicted octanol–water partition coefficient (Wildman–Crippen LogP) is 5.73. The molecule has 0 aliphatic carbocycles. The van der Waals surface area contributed by atoms with Crippen molar-refractivity contribution in [2.45, 2.75) is 51.5 Å². The number of carbonyl (C=O) groups excluding carboxylic acids is 1. The van der Waals surface area contributed by atoms with Gasteiger partial charge < -0.3 is 9.80 Å². The van der Waals surface area contributed by atoms with Crippen molar-refractivity contribution >= 4 is 22.4 Å². The van der Waals surface area contributed by atoms with E-state index in [9.17, 15) is 4.79 Å². The summed E-state index contributed by atoms with van der Waals surface area (Å²) in [6.07, 6.45) is 6.85. The molecule has 1 unspecified atom stereocenters. The van der Waals surface area contributed by atoms with Gasteiger partial charge in [-0.15, -0.1) is 0 Å². The zero-order chi connectivity index (χ0) is 27.5. The number of benzene rings is 3. The van der Waals surface area contributed by atoms with Gasteiger partial charge in [0.1, 0.15) is 0 Å². The molecule has 1 atom stereocenters. The van der Waals surface area contributed by atoms with Crippen LogP contribution in [0.15, 0.2) is 66.7 Å². The van der Waals surface area contributed by atoms with E-state index in [0.29, 0.717) is 6.42 Å². The molecule has 6 heteroatoms. The first-order valence-corrected chi connectivity index (χ1v) is 14.6. The Morgan fingerprint density at radius 2 is 1.74 bits per heavy atom. The Bertz CT molecular complexity index is 1160. The fourth-order valence-electron chi connectivity index (χ4n) is 5.79. The first kappa shape index (κ1) is 29.1. The summed E-state index contributed by atoms with van der Waals surface area (Å²) in [6.45, 7) is 6.64. The highest BCUT2D eigenvalue weighted by Crippen LogP contribution is 2.24. The molecule has 1 fully saturated rings. The van der Waals surface area contributed by atoms with Crippen LogP contribution in [0.4, 0.5) is 5.69 Å². The lowest BCUT2D eigenvalue weighted by molar-refractivity contribution is -0.129. The fourth-order valence-corrected chi connectivity index (χ4v) is 5.79. The quantitative estimate of drug-likeness (QED) is 0.149. The number of unbranched alkanes of at least 4 members (excludes halogenated alkanes) is 2. The molecule has 1 amide bonds. The van der Waals surface area contributed by atoms with Crippen LogP contribution in [0.3, 0.4) is 0 Å². The van der Waals surface area contributed by atoms with Crippen LogP contribution in [0, 0.1) is 5.92 Å². The van der Waals surface area contributed by atoms with E-state index in [2.05, 4.69) is 95.5 Å². The maximum atomic E-state index is 11.3. The largest absolute Gasteiger partial charge is 0.378 e. The standard InChI is InChI=1S/C33H46N4O2/c1-35(2)31-16-14-27(15-17-31)25-37-23-19-28(26-37)18-22-36(21-7-3-4-13-33(38)34-39)24-20-30-11-8-10-29-9-5-6-12-32(29)30/h5-6,8-12,14-17,28,39H,3-4,7,13,18-26H2,1-2H3,(H,34,38). The molecule has 1 aliphatic rings. The van der Waals surface area contributed by atoms with Gasteiger partial charge in [0, 0.05) is 45.8 Å². The van der Waals surface area contributed by atoms with E-state index in [0.717, 1.165) is 57.8 Å². The van der Waals surface area contributed by atoms with Gasteiger partial charge in [0.05, 0.1) is 0 Å². The van der Waals surface area contributed by atoms with E-state index in [1.54, 1.807) is 5.48 Å². The summed E-state index contributed by atoms with van der Waals surface area (Å²) in [5.41, 5.74) is 5.81. The predicted molar refractivity (Wildman–Crippen MR) is 161 cm³/mol. The SMILES string of the molecule is CN(C)c1ccc(CN2CCC(CCN(CCCCCC(=O)NO)CCc3cccc4ccccc34)C2)cc1. The Hall–Kier alpha value is -2.93. The Kier molecular flexibility index (Phi) is 11.2. The summed E-state index contributed by atoms with van der Waals surface area (Å²) in [7, 11) is 4.17. The zero-order valence-corrected chi connectivity index (χ0v) is 23.8. The third kappa shape index (κ3) is 9.06. The average molecular weight is 531 g/mol. The van der Waals surface area contributed by atoms with Crippen molar-refractivity contribution < 1.29 is 10.0 Å². The number of hydroxylamine groups is 1. The van der Waals surface area contributed by atoms with E-state index < -0.39 is 0 Å². The molecular formula is C33H46N4O2. The van der Waals surface area contributed by atoms with Gasteiger partial charge in [-0.2, -0.15) is 0 Å². The maximum Gasteiger partial charge on any atom is 0.243 e. The van der Waals surface area contributed by atoms with Crippen molar-refractivity contribution in [1.82, 2.24) is 15.3 Å². The summed E-state index contributed by atoms with van der Waals surface area (Å²) < 4.78 is 0. The lowest BCUT2D eigenvalue weighted by Crippen LogP contribution is -2.30. The van der Waals surface area contributed by atoms with Crippen LogP contribution in [-0.4, -0.2) is 67.7 Å². The molecule has 1 saturated heterocycles. The Balaban J connectivity index is 1.27. The summed E-state index contributed by atoms with van der Waals surface area (Å²) >= 11 is 0. The lowest BCUT2D eigenvalue weighted by Gasteiger charge is -2.24. The summed E-state index contributed by atoms with van der Waals surface area (Å²) in [5.74, 6) is 0.460. The van der Waals surface area contributed by atoms with E-state index in [1.807, 2.05) is 0 Å². The highest BCUT2D eigenvalue weighted by molar-refractivity contribution is 5.85. The second-order valence-electron chi connectivity index (χ2n) is 11.3. The first-order valence-electron chi connectivity index (χ1n) is 14.6. The number of hydrogen-bond donors (Lipinski definition) is 2. The minimum atomic E-state index is -0.290. The summed E-state index contributed by atoms with van der Waals surface area (Å²) in [4.78, 5) is 18.7. The molecule has 0 spiro atoms. The second-order valence-corrected chi connectivity index (χ2v) is 11.3. The highest BCUT2D eigenvalue weighted by atomic mass is 16.5. The maximum absolute atomic E-state index is 11.3. The number of fused-ring (bicyclic) bond motifs is 1. The van der Waals surface area contributed by atoms with Crippen LogP contribution >= 0.6 is 0 Å². The van der Waals surface area contributed by atoms with Crippen molar-refractivity contribution in [2.75, 3.05) is 51.7 Å². The fraction of sp³-hybridized carbons (Fsp3) is 0.485. The molecule has 210 valence electrons. The molecule has 4 rings (SSSR count). The highest BCUT2D eigenvalue weighted by Gasteiger charge is 2.23. The van der Waals surface area contributed by atoms with Gasteiger partial charge >= 0.3 is 0 Å². The summed E-state index contributed by atoms with van der Waals surface area (Å²) in [5, 5.41) is 11.4. The van der Waals surface area contributed by atoms with E-state index in [1.165, 1.54) is 53.5 Å². The number of likely N-dealkylation sites (tertiary alicyclic amines) is 1. The van der Waals surface area contributed by atoms with Crippen molar-refractivity contribution in [2.24, 2.45) is 5.92 Å². The van der Waals surface area contributed by atoms with Crippen LogP contribution < -0.4 is 10.4 Å². The molecular weight excluding hydrogens is 484 g/mol. The van der Waals surface area contributed by atoms with Crippen LogP contribution in [0.2, 0.25) is 0 Å². The number of nitrogens with zero attached hydrogens (tertiary/aromatic N) is 3. The topological polar surface area (TPSA) is 59.0 Å². The molecule has 3 aromatic carbocycles. The van der Waals surface area contributed by atoms with Gasteiger partial charge in [0.25, 0.3) is 0 Å². The lowest BCUT2D eigenvalue weighted by atomic mass is 10.0. The minimum absolute atomic E-state index is 0.290. The number of anilines is 1. The van der Waals surface area contributed by atoms with Gasteiger partial charge in [-0.3, -0.25) is 14.9 Å². The normalized spacial score (nSPS) is 15.7. The van der Waals surface area contributed by atoms with Crippen molar-refractivity contribution in [3.63, 3.8) is 0 Å². The number of amides is 1. The number of nitrogens with one attached hydrogen (secondary N) is 1. The zero-order valence-electron chi connectivity index (χ0n) is 23.8. The molecule has 39 heavy (non-hydrogen) atoms.